The fourth-order valence-electron chi connectivity index (χ4n) is 5.38. The van der Waals surface area contributed by atoms with E-state index in [1.54, 1.807) is 54.5 Å². The van der Waals surface area contributed by atoms with E-state index in [1.165, 1.54) is 6.07 Å². The van der Waals surface area contributed by atoms with E-state index in [2.05, 4.69) is 5.32 Å². The summed E-state index contributed by atoms with van der Waals surface area (Å²) in [6.45, 7) is 0.367. The van der Waals surface area contributed by atoms with Gasteiger partial charge in [0.15, 0.2) is 0 Å². The molecule has 1 aliphatic rings. The van der Waals surface area contributed by atoms with Gasteiger partial charge in [-0.15, -0.1) is 0 Å². The van der Waals surface area contributed by atoms with E-state index in [-0.39, 0.29) is 29.6 Å². The number of rotatable bonds is 12. The Bertz CT molecular complexity index is 1800. The second-order valence-corrected chi connectivity index (χ2v) is 12.6. The maximum absolute atomic E-state index is 14.2. The van der Waals surface area contributed by atoms with Crippen LogP contribution in [0, 0.1) is 5.41 Å². The number of hydrogen-bond donors (Lipinski definition) is 3. The molecule has 11 heteroatoms. The lowest BCUT2D eigenvalue weighted by Crippen LogP contribution is -2.49. The van der Waals surface area contributed by atoms with Crippen LogP contribution in [0.5, 0.6) is 5.75 Å². The van der Waals surface area contributed by atoms with Gasteiger partial charge in [0.2, 0.25) is 21.8 Å². The number of fused-ring (bicyclic) bond motifs is 1. The Morgan fingerprint density at radius 3 is 2.48 bits per heavy atom. The number of carbonyl (C=O) groups is 2. The Kier molecular flexibility index (Phi) is 9.26. The molecule has 0 aromatic heterocycles. The van der Waals surface area contributed by atoms with Gasteiger partial charge in [0.05, 0.1) is 18.6 Å². The van der Waals surface area contributed by atoms with Crippen LogP contribution in [-0.2, 0) is 32.6 Å². The van der Waals surface area contributed by atoms with Crippen molar-refractivity contribution in [2.45, 2.75) is 30.3 Å². The van der Waals surface area contributed by atoms with Crippen LogP contribution in [0.15, 0.2) is 95.9 Å². The highest BCUT2D eigenvalue weighted by Gasteiger charge is 2.43. The number of amides is 2. The second kappa shape index (κ2) is 13.3. The number of nitrogen functional groups attached to an aromatic ring is 1. The van der Waals surface area contributed by atoms with E-state index in [4.69, 9.17) is 15.9 Å². The molecule has 0 radical (unpaired) electrons. The third-order valence-electron chi connectivity index (χ3n) is 7.73. The molecule has 0 bridgehead atoms. The second-order valence-electron chi connectivity index (χ2n) is 10.7. The van der Waals surface area contributed by atoms with Gasteiger partial charge in [-0.3, -0.25) is 15.0 Å². The highest BCUT2D eigenvalue weighted by Crippen LogP contribution is 2.29. The number of carbonyl (C=O) groups excluding carboxylic acids is 2. The monoisotopic (exact) mass is 613 g/mol. The molecule has 5 rings (SSSR count). The Labute approximate surface area is 257 Å². The molecule has 0 unspecified atom stereocenters. The van der Waals surface area contributed by atoms with Crippen molar-refractivity contribution in [3.8, 4) is 5.75 Å². The first-order valence-electron chi connectivity index (χ1n) is 14.3. The van der Waals surface area contributed by atoms with Crippen molar-refractivity contribution in [1.82, 2.24) is 14.5 Å². The van der Waals surface area contributed by atoms with E-state index in [0.29, 0.717) is 36.2 Å². The van der Waals surface area contributed by atoms with Gasteiger partial charge in [0.25, 0.3) is 0 Å². The van der Waals surface area contributed by atoms with E-state index in [1.807, 2.05) is 42.5 Å². The maximum atomic E-state index is 14.2. The van der Waals surface area contributed by atoms with Crippen LogP contribution in [0.3, 0.4) is 0 Å². The van der Waals surface area contributed by atoms with E-state index < -0.39 is 28.5 Å². The van der Waals surface area contributed by atoms with Gasteiger partial charge in [-0.25, -0.2) is 8.42 Å². The Morgan fingerprint density at radius 2 is 1.73 bits per heavy atom. The summed E-state index contributed by atoms with van der Waals surface area (Å²) in [5.74, 6) is -0.311. The summed E-state index contributed by atoms with van der Waals surface area (Å²) in [6.07, 6.45) is 0.815. The predicted octanol–water partition coefficient (Wildman–Crippen LogP) is 3.28. The zero-order valence-electron chi connectivity index (χ0n) is 24.4. The highest BCUT2D eigenvalue weighted by atomic mass is 32.2. The standard InChI is InChI=1S/C33H35N5O5S/c1-43-28-12-10-26-20-29(13-11-25(26)19-28)44(41,42)38(22-31(39)36-16-14-23-6-3-2-4-7-23)30-15-17-37(33(30)40)21-24-8-5-9-27(18-24)32(34)35/h2-13,18-20,30H,14-17,21-22H2,1H3,(H3,34,35)(H,36,39)/t30-/m0/s1. The van der Waals surface area contributed by atoms with E-state index in [9.17, 15) is 18.0 Å². The quantitative estimate of drug-likeness (QED) is 0.165. The average molecular weight is 614 g/mol. The summed E-state index contributed by atoms with van der Waals surface area (Å²) >= 11 is 0. The first-order chi connectivity index (χ1) is 21.2. The molecular weight excluding hydrogens is 578 g/mol. The molecule has 4 aromatic carbocycles. The van der Waals surface area contributed by atoms with Crippen molar-refractivity contribution in [3.63, 3.8) is 0 Å². The minimum atomic E-state index is -4.26. The SMILES string of the molecule is COc1ccc2cc(S(=O)(=O)N(CC(=O)NCCc3ccccc3)[C@H]3CCN(Cc4cccc(C(=N)N)c4)C3=O)ccc2c1. The molecule has 0 spiro atoms. The molecule has 228 valence electrons. The number of nitrogens with two attached hydrogens (primary N) is 1. The zero-order valence-corrected chi connectivity index (χ0v) is 25.2. The van der Waals surface area contributed by atoms with E-state index >= 15 is 0 Å². The summed E-state index contributed by atoms with van der Waals surface area (Å²) in [5, 5.41) is 12.0. The van der Waals surface area contributed by atoms with Crippen LogP contribution < -0.4 is 15.8 Å². The van der Waals surface area contributed by atoms with Crippen LogP contribution in [0.25, 0.3) is 10.8 Å². The minimum absolute atomic E-state index is 0.00679. The summed E-state index contributed by atoms with van der Waals surface area (Å²) in [6, 6.07) is 25.7. The lowest BCUT2D eigenvalue weighted by molar-refractivity contribution is -0.131. The van der Waals surface area contributed by atoms with Crippen molar-refractivity contribution < 1.29 is 22.7 Å². The number of hydrogen-bond acceptors (Lipinski definition) is 6. The van der Waals surface area contributed by atoms with Crippen LogP contribution in [-0.4, -0.2) is 68.1 Å². The highest BCUT2D eigenvalue weighted by molar-refractivity contribution is 7.89. The number of likely N-dealkylation sites (tertiary alicyclic amines) is 1. The van der Waals surface area contributed by atoms with Crippen LogP contribution in [0.2, 0.25) is 0 Å². The van der Waals surface area contributed by atoms with Crippen molar-refractivity contribution in [3.05, 3.63) is 108 Å². The number of amidine groups is 1. The number of methoxy groups -OCH3 is 1. The van der Waals surface area contributed by atoms with Gasteiger partial charge in [-0.1, -0.05) is 60.7 Å². The summed E-state index contributed by atoms with van der Waals surface area (Å²) < 4.78 is 34.6. The van der Waals surface area contributed by atoms with Crippen LogP contribution in [0.1, 0.15) is 23.1 Å². The number of nitrogens with zero attached hydrogens (tertiary/aromatic N) is 2. The molecule has 1 aliphatic heterocycles. The first kappa shape index (κ1) is 30.7. The number of sulfonamides is 1. The molecule has 1 heterocycles. The predicted molar refractivity (Wildman–Crippen MR) is 169 cm³/mol. The molecule has 1 atom stereocenters. The largest absolute Gasteiger partial charge is 0.497 e. The molecule has 2 amide bonds. The molecule has 1 saturated heterocycles. The molecule has 0 saturated carbocycles. The van der Waals surface area contributed by atoms with Crippen molar-refractivity contribution in [1.29, 1.82) is 5.41 Å². The molecule has 4 aromatic rings. The van der Waals surface area contributed by atoms with Gasteiger partial charge < -0.3 is 20.7 Å². The Balaban J connectivity index is 1.39. The maximum Gasteiger partial charge on any atom is 0.244 e. The third kappa shape index (κ3) is 6.90. The molecule has 0 aliphatic carbocycles. The summed E-state index contributed by atoms with van der Waals surface area (Å²) in [5.41, 5.74) is 7.98. The number of ether oxygens (including phenoxy) is 1. The minimum Gasteiger partial charge on any atom is -0.497 e. The summed E-state index contributed by atoms with van der Waals surface area (Å²) in [7, 11) is -2.70. The molecule has 1 fully saturated rings. The number of nitrogens with one attached hydrogen (secondary N) is 2. The smallest absolute Gasteiger partial charge is 0.244 e. The van der Waals surface area contributed by atoms with Crippen molar-refractivity contribution in [2.24, 2.45) is 5.73 Å². The fourth-order valence-corrected chi connectivity index (χ4v) is 6.98. The van der Waals surface area contributed by atoms with Crippen LogP contribution in [0.4, 0.5) is 0 Å². The topological polar surface area (TPSA) is 146 Å². The molecule has 44 heavy (non-hydrogen) atoms. The third-order valence-corrected chi connectivity index (χ3v) is 9.58. The van der Waals surface area contributed by atoms with Crippen molar-refractivity contribution >= 4 is 38.4 Å². The molecule has 4 N–H and O–H groups in total. The molecule has 10 nitrogen and oxygen atoms in total. The summed E-state index contributed by atoms with van der Waals surface area (Å²) in [4.78, 5) is 28.4. The van der Waals surface area contributed by atoms with Gasteiger partial charge in [-0.2, -0.15) is 4.31 Å². The Hall–Kier alpha value is -4.74. The normalized spacial score (nSPS) is 15.1. The fraction of sp³-hybridized carbons (Fsp3) is 0.242. The average Bonchev–Trinajstić information content (AvgIpc) is 3.38. The van der Waals surface area contributed by atoms with Crippen molar-refractivity contribution in [2.75, 3.05) is 26.7 Å². The molecular formula is C33H35N5O5S. The van der Waals surface area contributed by atoms with E-state index in [0.717, 1.165) is 20.8 Å². The van der Waals surface area contributed by atoms with Gasteiger partial charge in [0, 0.05) is 25.2 Å². The Morgan fingerprint density at radius 1 is 1.00 bits per heavy atom. The zero-order chi connectivity index (χ0) is 31.3. The van der Waals surface area contributed by atoms with Gasteiger partial charge >= 0.3 is 0 Å². The van der Waals surface area contributed by atoms with Gasteiger partial charge in [-0.05, 0) is 65.1 Å². The lowest BCUT2D eigenvalue weighted by Gasteiger charge is -2.27. The van der Waals surface area contributed by atoms with Gasteiger partial charge in [0.1, 0.15) is 17.6 Å². The number of benzene rings is 4. The lowest BCUT2D eigenvalue weighted by atomic mass is 10.1. The first-order valence-corrected chi connectivity index (χ1v) is 15.7. The van der Waals surface area contributed by atoms with Crippen LogP contribution >= 0.6 is 0 Å².